The minimum Gasteiger partial charge on any atom is -0.388 e. The van der Waals surface area contributed by atoms with Crippen LogP contribution in [0.4, 0.5) is 0 Å². The Balaban J connectivity index is 2.13. The number of benzene rings is 1. The molecule has 0 amide bonds. The average molecular weight is 406 g/mol. The van der Waals surface area contributed by atoms with Crippen molar-refractivity contribution in [3.05, 3.63) is 44.5 Å². The van der Waals surface area contributed by atoms with Crippen LogP contribution >= 0.6 is 34.2 Å². The molecule has 108 valence electrons. The quantitative estimate of drug-likeness (QED) is 0.775. The Labute approximate surface area is 137 Å². The number of hydrogen-bond donors (Lipinski definition) is 1. The van der Waals surface area contributed by atoms with Crippen molar-refractivity contribution in [3.8, 4) is 0 Å². The second-order valence-electron chi connectivity index (χ2n) is 5.15. The van der Waals surface area contributed by atoms with Crippen molar-refractivity contribution in [2.24, 2.45) is 5.92 Å². The second kappa shape index (κ2) is 6.87. The Hall–Kier alpha value is -0.660. The topological polar surface area (TPSA) is 50.9 Å². The monoisotopic (exact) mass is 405 g/mol. The van der Waals surface area contributed by atoms with Crippen LogP contribution < -0.4 is 0 Å². The zero-order valence-electron chi connectivity index (χ0n) is 11.4. The molecule has 4 nitrogen and oxygen atoms in total. The van der Waals surface area contributed by atoms with Gasteiger partial charge >= 0.3 is 0 Å². The highest BCUT2D eigenvalue weighted by molar-refractivity contribution is 14.1. The lowest BCUT2D eigenvalue weighted by Gasteiger charge is -2.13. The van der Waals surface area contributed by atoms with Crippen molar-refractivity contribution in [3.63, 3.8) is 0 Å². The maximum atomic E-state index is 10.3. The first-order valence-electron chi connectivity index (χ1n) is 6.47. The summed E-state index contributed by atoms with van der Waals surface area (Å²) in [5, 5.41) is 15.2. The first-order chi connectivity index (χ1) is 9.47. The molecule has 2 rings (SSSR count). The highest BCUT2D eigenvalue weighted by atomic mass is 127. The normalized spacial score (nSPS) is 12.9. The number of aliphatic hydroxyl groups is 1. The fourth-order valence-electron chi connectivity index (χ4n) is 1.95. The third-order valence-corrected chi connectivity index (χ3v) is 4.51. The molecule has 0 aliphatic rings. The summed E-state index contributed by atoms with van der Waals surface area (Å²) in [6, 6.07) is 5.60. The van der Waals surface area contributed by atoms with E-state index in [0.717, 1.165) is 21.5 Å². The molecule has 6 heteroatoms. The van der Waals surface area contributed by atoms with Gasteiger partial charge in [-0.15, -0.1) is 0 Å². The van der Waals surface area contributed by atoms with E-state index in [2.05, 4.69) is 46.5 Å². The maximum absolute atomic E-state index is 10.3. The summed E-state index contributed by atoms with van der Waals surface area (Å²) in [6.45, 7) is 5.05. The summed E-state index contributed by atoms with van der Waals surface area (Å²) >= 11 is 8.25. The van der Waals surface area contributed by atoms with E-state index in [1.807, 2.05) is 16.8 Å². The summed E-state index contributed by atoms with van der Waals surface area (Å²) in [7, 11) is 0. The van der Waals surface area contributed by atoms with Crippen LogP contribution in [0.3, 0.4) is 0 Å². The predicted molar refractivity (Wildman–Crippen MR) is 87.7 cm³/mol. The third-order valence-electron chi connectivity index (χ3n) is 2.94. The molecule has 0 fully saturated rings. The fraction of sp³-hybridized carbons (Fsp3) is 0.429. The molecule has 0 spiro atoms. The lowest BCUT2D eigenvalue weighted by atomic mass is 10.1. The van der Waals surface area contributed by atoms with Gasteiger partial charge in [0.2, 0.25) is 0 Å². The van der Waals surface area contributed by atoms with E-state index < -0.39 is 6.10 Å². The van der Waals surface area contributed by atoms with Gasteiger partial charge in [0, 0.05) is 16.5 Å². The van der Waals surface area contributed by atoms with Gasteiger partial charge in [-0.05, 0) is 46.2 Å². The Morgan fingerprint density at radius 2 is 2.15 bits per heavy atom. The van der Waals surface area contributed by atoms with Crippen LogP contribution in [0.15, 0.2) is 24.5 Å². The van der Waals surface area contributed by atoms with Crippen LogP contribution in [0, 0.1) is 9.49 Å². The molecular weight excluding hydrogens is 389 g/mol. The van der Waals surface area contributed by atoms with Crippen molar-refractivity contribution < 1.29 is 5.11 Å². The van der Waals surface area contributed by atoms with Crippen molar-refractivity contribution in [2.45, 2.75) is 32.9 Å². The molecule has 1 atom stereocenters. The first-order valence-corrected chi connectivity index (χ1v) is 7.92. The Morgan fingerprint density at radius 1 is 1.40 bits per heavy atom. The van der Waals surface area contributed by atoms with Gasteiger partial charge in [-0.2, -0.15) is 5.10 Å². The average Bonchev–Trinajstić information content (AvgIpc) is 2.79. The number of nitrogens with zero attached hydrogens (tertiary/aromatic N) is 3. The van der Waals surface area contributed by atoms with Crippen molar-refractivity contribution in [1.82, 2.24) is 14.8 Å². The van der Waals surface area contributed by atoms with E-state index in [0.29, 0.717) is 17.4 Å². The van der Waals surface area contributed by atoms with Crippen LogP contribution in [0.5, 0.6) is 0 Å². The summed E-state index contributed by atoms with van der Waals surface area (Å²) in [5.74, 6) is 1.28. The van der Waals surface area contributed by atoms with Crippen LogP contribution in [0.1, 0.15) is 31.3 Å². The van der Waals surface area contributed by atoms with Gasteiger partial charge in [0.25, 0.3) is 0 Å². The number of aromatic nitrogens is 3. The zero-order chi connectivity index (χ0) is 14.7. The van der Waals surface area contributed by atoms with Crippen LogP contribution in [-0.4, -0.2) is 19.9 Å². The summed E-state index contributed by atoms with van der Waals surface area (Å²) < 4.78 is 2.82. The number of hydrogen-bond acceptors (Lipinski definition) is 3. The van der Waals surface area contributed by atoms with Crippen LogP contribution in [0.2, 0.25) is 5.02 Å². The molecule has 0 aliphatic carbocycles. The summed E-state index contributed by atoms with van der Waals surface area (Å²) in [4.78, 5) is 4.23. The van der Waals surface area contributed by atoms with Crippen LogP contribution in [-0.2, 0) is 13.0 Å². The Morgan fingerprint density at radius 3 is 2.80 bits per heavy atom. The molecule has 1 unspecified atom stereocenters. The van der Waals surface area contributed by atoms with E-state index in [1.54, 1.807) is 6.07 Å². The number of halogens is 2. The molecule has 0 radical (unpaired) electrons. The molecule has 1 aromatic carbocycles. The molecule has 0 saturated heterocycles. The third kappa shape index (κ3) is 3.93. The lowest BCUT2D eigenvalue weighted by Crippen LogP contribution is -2.13. The Bertz CT molecular complexity index is 586. The largest absolute Gasteiger partial charge is 0.388 e. The number of aliphatic hydroxyl groups excluding tert-OH is 1. The molecule has 1 heterocycles. The SMILES string of the molecule is CC(C)Cn1ncnc1CC(O)c1ccc(I)c(Cl)c1. The van der Waals surface area contributed by atoms with E-state index in [9.17, 15) is 5.11 Å². The molecule has 2 aromatic rings. The number of rotatable bonds is 5. The highest BCUT2D eigenvalue weighted by Gasteiger charge is 2.14. The molecule has 20 heavy (non-hydrogen) atoms. The van der Waals surface area contributed by atoms with E-state index in [4.69, 9.17) is 11.6 Å². The van der Waals surface area contributed by atoms with Gasteiger partial charge in [-0.3, -0.25) is 0 Å². The molecule has 0 aliphatic heterocycles. The fourth-order valence-corrected chi connectivity index (χ4v) is 2.48. The lowest BCUT2D eigenvalue weighted by molar-refractivity contribution is 0.173. The standard InChI is InChI=1S/C14H17ClIN3O/c1-9(2)7-19-14(17-8-18-19)6-13(20)10-3-4-12(16)11(15)5-10/h3-5,8-9,13,20H,6-7H2,1-2H3. The van der Waals surface area contributed by atoms with E-state index in [-0.39, 0.29) is 0 Å². The van der Waals surface area contributed by atoms with Gasteiger partial charge in [-0.1, -0.05) is 31.5 Å². The van der Waals surface area contributed by atoms with Gasteiger partial charge < -0.3 is 5.11 Å². The summed E-state index contributed by atoms with van der Waals surface area (Å²) in [5.41, 5.74) is 0.800. The van der Waals surface area contributed by atoms with Gasteiger partial charge in [0.05, 0.1) is 11.1 Å². The summed E-state index contributed by atoms with van der Waals surface area (Å²) in [6.07, 6.45) is 1.34. The van der Waals surface area contributed by atoms with Crippen molar-refractivity contribution in [1.29, 1.82) is 0 Å². The van der Waals surface area contributed by atoms with Crippen molar-refractivity contribution >= 4 is 34.2 Å². The molecule has 0 bridgehead atoms. The molecule has 1 N–H and O–H groups in total. The van der Waals surface area contributed by atoms with E-state index >= 15 is 0 Å². The van der Waals surface area contributed by atoms with Crippen molar-refractivity contribution in [2.75, 3.05) is 0 Å². The minimum atomic E-state index is -0.625. The maximum Gasteiger partial charge on any atom is 0.138 e. The smallest absolute Gasteiger partial charge is 0.138 e. The van der Waals surface area contributed by atoms with Gasteiger partial charge in [0.15, 0.2) is 0 Å². The molecule has 0 saturated carbocycles. The first kappa shape index (κ1) is 15.7. The predicted octanol–water partition coefficient (Wildman–Crippen LogP) is 3.47. The van der Waals surface area contributed by atoms with Gasteiger partial charge in [0.1, 0.15) is 12.2 Å². The second-order valence-corrected chi connectivity index (χ2v) is 6.72. The van der Waals surface area contributed by atoms with Crippen LogP contribution in [0.25, 0.3) is 0 Å². The Kier molecular flexibility index (Phi) is 5.40. The van der Waals surface area contributed by atoms with Gasteiger partial charge in [-0.25, -0.2) is 9.67 Å². The highest BCUT2D eigenvalue weighted by Crippen LogP contribution is 2.25. The minimum absolute atomic E-state index is 0.434. The molecular formula is C14H17ClIN3O. The molecule has 1 aromatic heterocycles. The zero-order valence-corrected chi connectivity index (χ0v) is 14.3. The van der Waals surface area contributed by atoms with E-state index in [1.165, 1.54) is 6.33 Å².